The van der Waals surface area contributed by atoms with E-state index in [0.717, 1.165) is 49.5 Å². The highest BCUT2D eigenvalue weighted by molar-refractivity contribution is 5.89. The van der Waals surface area contributed by atoms with Crippen molar-refractivity contribution >= 4 is 11.7 Å². The van der Waals surface area contributed by atoms with Crippen LogP contribution in [-0.4, -0.2) is 50.3 Å². The molecule has 1 aliphatic rings. The third-order valence-corrected chi connectivity index (χ3v) is 5.49. The van der Waals surface area contributed by atoms with Gasteiger partial charge in [0, 0.05) is 12.2 Å². The zero-order valence-electron chi connectivity index (χ0n) is 18.5. The number of ether oxygens (including phenoxy) is 2. The van der Waals surface area contributed by atoms with Crippen molar-refractivity contribution in [2.75, 3.05) is 44.7 Å². The summed E-state index contributed by atoms with van der Waals surface area (Å²) in [5, 5.41) is 5.96. The minimum Gasteiger partial charge on any atom is -0.491 e. The molecular weight excluding hydrogens is 390 g/mol. The van der Waals surface area contributed by atoms with Gasteiger partial charge in [0.05, 0.1) is 13.2 Å². The molecule has 6 nitrogen and oxygen atoms in total. The van der Waals surface area contributed by atoms with Crippen LogP contribution in [0.15, 0.2) is 54.6 Å². The first-order valence-electron chi connectivity index (χ1n) is 11.3. The molecule has 2 N–H and O–H groups in total. The number of nitrogens with zero attached hydrogens (tertiary/aromatic N) is 1. The summed E-state index contributed by atoms with van der Waals surface area (Å²) in [6.45, 7) is 7.90. The van der Waals surface area contributed by atoms with Gasteiger partial charge in [-0.05, 0) is 74.6 Å². The first-order valence-corrected chi connectivity index (χ1v) is 11.3. The topological polar surface area (TPSA) is 62.8 Å². The minimum absolute atomic E-state index is 0.148. The SMILES string of the molecule is CCCN1CCC(CNC(=O)Nc2cccc(COCCOc3ccccc3)c2)CC1. The number of urea groups is 1. The lowest BCUT2D eigenvalue weighted by Crippen LogP contribution is -2.40. The molecule has 0 aliphatic carbocycles. The first kappa shape index (κ1) is 23.1. The Labute approximate surface area is 185 Å². The van der Waals surface area contributed by atoms with Crippen LogP contribution in [0.5, 0.6) is 5.75 Å². The summed E-state index contributed by atoms with van der Waals surface area (Å²) in [5.74, 6) is 1.41. The molecule has 1 fully saturated rings. The van der Waals surface area contributed by atoms with E-state index < -0.39 is 0 Å². The molecule has 0 spiro atoms. The summed E-state index contributed by atoms with van der Waals surface area (Å²) in [6.07, 6.45) is 3.51. The lowest BCUT2D eigenvalue weighted by Gasteiger charge is -2.31. The molecular formula is C25H35N3O3. The van der Waals surface area contributed by atoms with Crippen LogP contribution in [0.3, 0.4) is 0 Å². The minimum atomic E-state index is -0.148. The Morgan fingerprint density at radius 2 is 1.87 bits per heavy atom. The molecule has 2 aromatic rings. The van der Waals surface area contributed by atoms with Crippen LogP contribution in [0.2, 0.25) is 0 Å². The Bertz CT molecular complexity index is 777. The number of carbonyl (C=O) groups excluding carboxylic acids is 1. The van der Waals surface area contributed by atoms with Crippen molar-refractivity contribution in [1.29, 1.82) is 0 Å². The number of likely N-dealkylation sites (tertiary alicyclic amines) is 1. The highest BCUT2D eigenvalue weighted by Gasteiger charge is 2.19. The summed E-state index contributed by atoms with van der Waals surface area (Å²) in [7, 11) is 0. The number of anilines is 1. The molecule has 168 valence electrons. The van der Waals surface area contributed by atoms with Gasteiger partial charge in [0.25, 0.3) is 0 Å². The highest BCUT2D eigenvalue weighted by Crippen LogP contribution is 2.17. The summed E-state index contributed by atoms with van der Waals surface area (Å²) in [5.41, 5.74) is 1.79. The number of rotatable bonds is 11. The van der Waals surface area contributed by atoms with Crippen LogP contribution in [0.1, 0.15) is 31.7 Å². The molecule has 1 saturated heterocycles. The molecule has 1 aliphatic heterocycles. The average molecular weight is 426 g/mol. The second-order valence-electron chi connectivity index (χ2n) is 8.03. The average Bonchev–Trinajstić information content (AvgIpc) is 2.80. The molecule has 2 amide bonds. The van der Waals surface area contributed by atoms with Crippen molar-refractivity contribution in [3.63, 3.8) is 0 Å². The van der Waals surface area contributed by atoms with Gasteiger partial charge in [-0.25, -0.2) is 4.79 Å². The number of carbonyl (C=O) groups is 1. The fourth-order valence-corrected chi connectivity index (χ4v) is 3.81. The van der Waals surface area contributed by atoms with Gasteiger partial charge in [0.1, 0.15) is 12.4 Å². The molecule has 0 saturated carbocycles. The summed E-state index contributed by atoms with van der Waals surface area (Å²) >= 11 is 0. The summed E-state index contributed by atoms with van der Waals surface area (Å²) in [4.78, 5) is 14.8. The van der Waals surface area contributed by atoms with Crippen molar-refractivity contribution < 1.29 is 14.3 Å². The second kappa shape index (κ2) is 13.0. The van der Waals surface area contributed by atoms with E-state index in [0.29, 0.717) is 25.7 Å². The maximum atomic E-state index is 12.3. The number of hydrogen-bond acceptors (Lipinski definition) is 4. The molecule has 6 heteroatoms. The monoisotopic (exact) mass is 425 g/mol. The fourth-order valence-electron chi connectivity index (χ4n) is 3.81. The van der Waals surface area contributed by atoms with E-state index in [1.165, 1.54) is 13.0 Å². The molecule has 0 unspecified atom stereocenters. The third-order valence-electron chi connectivity index (χ3n) is 5.49. The van der Waals surface area contributed by atoms with Crippen LogP contribution >= 0.6 is 0 Å². The van der Waals surface area contributed by atoms with E-state index in [-0.39, 0.29) is 6.03 Å². The van der Waals surface area contributed by atoms with Crippen molar-refractivity contribution in [3.8, 4) is 5.75 Å². The van der Waals surface area contributed by atoms with Gasteiger partial charge in [0.15, 0.2) is 0 Å². The molecule has 0 bridgehead atoms. The van der Waals surface area contributed by atoms with E-state index in [1.54, 1.807) is 0 Å². The van der Waals surface area contributed by atoms with Crippen molar-refractivity contribution in [2.45, 2.75) is 32.8 Å². The zero-order valence-corrected chi connectivity index (χ0v) is 18.5. The van der Waals surface area contributed by atoms with E-state index >= 15 is 0 Å². The Balaban J connectivity index is 1.31. The number of para-hydroxylation sites is 1. The van der Waals surface area contributed by atoms with Gasteiger partial charge >= 0.3 is 6.03 Å². The molecule has 0 radical (unpaired) electrons. The summed E-state index contributed by atoms with van der Waals surface area (Å²) < 4.78 is 11.3. The number of piperidine rings is 1. The normalized spacial score (nSPS) is 14.9. The van der Waals surface area contributed by atoms with Gasteiger partial charge in [0.2, 0.25) is 0 Å². The van der Waals surface area contributed by atoms with Gasteiger partial charge in [-0.1, -0.05) is 37.3 Å². The lowest BCUT2D eigenvalue weighted by molar-refractivity contribution is 0.0889. The fraction of sp³-hybridized carbons (Fsp3) is 0.480. The standard InChI is InChI=1S/C25H35N3O3/c1-2-13-28-14-11-21(12-15-28)19-26-25(29)27-23-8-6-7-22(18-23)20-30-16-17-31-24-9-4-3-5-10-24/h3-10,18,21H,2,11-17,19-20H2,1H3,(H2,26,27,29). The zero-order chi connectivity index (χ0) is 21.7. The predicted octanol–water partition coefficient (Wildman–Crippen LogP) is 4.53. The quantitative estimate of drug-likeness (QED) is 0.520. The lowest BCUT2D eigenvalue weighted by atomic mass is 9.97. The van der Waals surface area contributed by atoms with Gasteiger partial charge in [-0.15, -0.1) is 0 Å². The second-order valence-corrected chi connectivity index (χ2v) is 8.03. The van der Waals surface area contributed by atoms with Crippen LogP contribution in [0, 0.1) is 5.92 Å². The van der Waals surface area contributed by atoms with Gasteiger partial charge in [-0.2, -0.15) is 0 Å². The van der Waals surface area contributed by atoms with E-state index in [1.807, 2.05) is 54.6 Å². The van der Waals surface area contributed by atoms with Gasteiger partial charge < -0.3 is 25.0 Å². The molecule has 3 rings (SSSR count). The van der Waals surface area contributed by atoms with Crippen molar-refractivity contribution in [1.82, 2.24) is 10.2 Å². The summed E-state index contributed by atoms with van der Waals surface area (Å²) in [6, 6.07) is 17.3. The van der Waals surface area contributed by atoms with E-state index in [9.17, 15) is 4.79 Å². The Morgan fingerprint density at radius 1 is 1.06 bits per heavy atom. The smallest absolute Gasteiger partial charge is 0.319 e. The van der Waals surface area contributed by atoms with Crippen molar-refractivity contribution in [3.05, 3.63) is 60.2 Å². The third kappa shape index (κ3) is 8.59. The Hall–Kier alpha value is -2.57. The van der Waals surface area contributed by atoms with Gasteiger partial charge in [-0.3, -0.25) is 0 Å². The molecule has 31 heavy (non-hydrogen) atoms. The number of benzene rings is 2. The van der Waals surface area contributed by atoms with Crippen LogP contribution in [0.25, 0.3) is 0 Å². The van der Waals surface area contributed by atoms with E-state index in [2.05, 4.69) is 22.5 Å². The Morgan fingerprint density at radius 3 is 2.65 bits per heavy atom. The van der Waals surface area contributed by atoms with Crippen LogP contribution in [0.4, 0.5) is 10.5 Å². The van der Waals surface area contributed by atoms with Crippen LogP contribution in [-0.2, 0) is 11.3 Å². The maximum absolute atomic E-state index is 12.3. The van der Waals surface area contributed by atoms with Crippen LogP contribution < -0.4 is 15.4 Å². The number of amides is 2. The molecule has 0 aromatic heterocycles. The molecule has 0 atom stereocenters. The number of hydrogen-bond donors (Lipinski definition) is 2. The molecule has 1 heterocycles. The highest BCUT2D eigenvalue weighted by atomic mass is 16.5. The largest absolute Gasteiger partial charge is 0.491 e. The first-order chi connectivity index (χ1) is 15.2. The predicted molar refractivity (Wildman–Crippen MR) is 125 cm³/mol. The van der Waals surface area contributed by atoms with Crippen molar-refractivity contribution in [2.24, 2.45) is 5.92 Å². The number of nitrogens with one attached hydrogen (secondary N) is 2. The maximum Gasteiger partial charge on any atom is 0.319 e. The molecule has 2 aromatic carbocycles. The Kier molecular flexibility index (Phi) is 9.67. The van der Waals surface area contributed by atoms with E-state index in [4.69, 9.17) is 9.47 Å².